The van der Waals surface area contributed by atoms with Crippen LogP contribution in [-0.4, -0.2) is 11.5 Å². The van der Waals surface area contributed by atoms with Crippen LogP contribution in [0.3, 0.4) is 0 Å². The second kappa shape index (κ2) is 18.4. The Balaban J connectivity index is 0.000000556. The number of benzene rings is 4. The minimum atomic E-state index is -0.988. The van der Waals surface area contributed by atoms with Crippen molar-refractivity contribution >= 4 is 9.03 Å². The van der Waals surface area contributed by atoms with Crippen LogP contribution in [0.15, 0.2) is 115 Å². The van der Waals surface area contributed by atoms with Gasteiger partial charge in [-0.1, -0.05) is 61.5 Å². The monoisotopic (exact) mass is 818 g/mol. The van der Waals surface area contributed by atoms with Gasteiger partial charge in [0.05, 0.1) is 0 Å². The molecular weight excluding hydrogens is 783 g/mol. The van der Waals surface area contributed by atoms with Crippen molar-refractivity contribution in [3.8, 4) is 23.0 Å². The van der Waals surface area contributed by atoms with Gasteiger partial charge >= 0.3 is 6.48 Å². The number of aromatic nitrogens is 1. The number of nitrogens with zero attached hydrogens (tertiary/aromatic N) is 1. The molecule has 4 aromatic carbocycles. The van der Waals surface area contributed by atoms with Gasteiger partial charge in [0.1, 0.15) is 29.5 Å². The molecule has 1 atom stereocenters. The fraction of sp³-hybridized carbons (Fsp3) is 0.171. The second-order valence-electron chi connectivity index (χ2n) is 9.41. The summed E-state index contributed by atoms with van der Waals surface area (Å²) in [5.74, 6) is 2.71. The van der Waals surface area contributed by atoms with Crippen molar-refractivity contribution in [2.45, 2.75) is 40.8 Å². The average Bonchev–Trinajstić information content (AvgIpc) is 3.00. The number of hydrogen-bond donors (Lipinski definition) is 0. The van der Waals surface area contributed by atoms with Crippen LogP contribution < -0.4 is 18.5 Å². The summed E-state index contributed by atoms with van der Waals surface area (Å²) in [7, 11) is -0.227. The summed E-state index contributed by atoms with van der Waals surface area (Å²) in [4.78, 5) is 4.43. The fourth-order valence-electron chi connectivity index (χ4n) is 3.71. The Kier molecular flexibility index (Phi) is 14.6. The van der Waals surface area contributed by atoms with Crippen molar-refractivity contribution < 1.29 is 54.4 Å². The number of aryl methyl sites for hydroxylation is 4. The zero-order chi connectivity index (χ0) is 29.6. The Labute approximate surface area is 280 Å². The largest absolute Gasteiger partial charge is 0.440 e. The summed E-state index contributed by atoms with van der Waals surface area (Å²) >= 11 is 0. The quantitative estimate of drug-likeness (QED) is 0.0756. The van der Waals surface area contributed by atoms with Gasteiger partial charge in [-0.2, -0.15) is 35.9 Å². The SMILES string of the molecule is Cc1[c-]cccc1.Cc1ccccc1OPOc1cccnc1COC(Oc1ccccc1C)Oc1ccccc1C.[U]. The molecule has 5 rings (SSSR count). The third kappa shape index (κ3) is 11.4. The van der Waals surface area contributed by atoms with Gasteiger partial charge in [-0.25, -0.2) is 0 Å². The number of para-hydroxylation sites is 3. The molecule has 5 aromatic rings. The molecule has 6 nitrogen and oxygen atoms in total. The van der Waals surface area contributed by atoms with E-state index in [0.29, 0.717) is 22.9 Å². The van der Waals surface area contributed by atoms with E-state index in [1.807, 2.05) is 137 Å². The van der Waals surface area contributed by atoms with Crippen LogP contribution in [0, 0.1) is 64.9 Å². The summed E-state index contributed by atoms with van der Waals surface area (Å²) in [5, 5.41) is 0. The zero-order valence-electron chi connectivity index (χ0n) is 24.7. The molecule has 1 unspecified atom stereocenters. The van der Waals surface area contributed by atoms with Crippen LogP contribution in [0.4, 0.5) is 0 Å². The first-order valence-corrected chi connectivity index (χ1v) is 14.4. The van der Waals surface area contributed by atoms with Crippen LogP contribution in [0.5, 0.6) is 23.0 Å². The van der Waals surface area contributed by atoms with Crippen molar-refractivity contribution in [1.82, 2.24) is 4.98 Å². The van der Waals surface area contributed by atoms with Crippen LogP contribution in [0.25, 0.3) is 0 Å². The van der Waals surface area contributed by atoms with Gasteiger partial charge in [0.25, 0.3) is 9.03 Å². The van der Waals surface area contributed by atoms with Gasteiger partial charge in [-0.15, -0.1) is 0 Å². The molecule has 43 heavy (non-hydrogen) atoms. The van der Waals surface area contributed by atoms with Crippen LogP contribution in [0.2, 0.25) is 0 Å². The molecule has 0 spiro atoms. The standard InChI is InChI=1S/C28H28NO5P.C7H7.U/c1-20-11-4-7-14-24(20)31-28(32-25-15-8-5-12-21(25)2)30-19-23-27(17-10-18-29-23)34-35-33-26-16-9-6-13-22(26)3;1-7-5-3-2-4-6-7;/h4-18,28,35H,19H2,1-3H3;2-5H,1H3;/q;-1;. The molecule has 0 amide bonds. The maximum Gasteiger partial charge on any atom is 0.361 e. The van der Waals surface area contributed by atoms with Crippen LogP contribution in [0.1, 0.15) is 27.9 Å². The molecule has 0 bridgehead atoms. The van der Waals surface area contributed by atoms with E-state index in [-0.39, 0.29) is 46.8 Å². The number of hydrogen-bond acceptors (Lipinski definition) is 6. The minimum absolute atomic E-state index is 0. The Morgan fingerprint density at radius 1 is 0.628 bits per heavy atom. The van der Waals surface area contributed by atoms with Crippen LogP contribution >= 0.6 is 9.03 Å². The van der Waals surface area contributed by atoms with E-state index < -0.39 is 6.48 Å². The van der Waals surface area contributed by atoms with E-state index in [9.17, 15) is 0 Å². The first-order chi connectivity index (χ1) is 20.5. The van der Waals surface area contributed by atoms with E-state index >= 15 is 0 Å². The van der Waals surface area contributed by atoms with Crippen LogP contribution in [-0.2, 0) is 11.3 Å². The molecule has 0 radical (unpaired) electrons. The molecule has 0 aliphatic carbocycles. The Bertz CT molecular complexity index is 1490. The Morgan fingerprint density at radius 3 is 1.65 bits per heavy atom. The molecule has 0 aliphatic heterocycles. The maximum atomic E-state index is 6.08. The zero-order valence-corrected chi connectivity index (χ0v) is 29.9. The molecular formula is C35H35NO5PU-. The van der Waals surface area contributed by atoms with Gasteiger partial charge in [0.15, 0.2) is 5.75 Å². The van der Waals surface area contributed by atoms with E-state index in [4.69, 9.17) is 23.3 Å². The van der Waals surface area contributed by atoms with E-state index in [1.54, 1.807) is 6.20 Å². The van der Waals surface area contributed by atoms with Crippen molar-refractivity contribution in [3.63, 3.8) is 0 Å². The molecule has 0 saturated heterocycles. The van der Waals surface area contributed by atoms with Crippen molar-refractivity contribution in [3.05, 3.63) is 149 Å². The third-order valence-electron chi connectivity index (χ3n) is 6.10. The molecule has 8 heteroatoms. The summed E-state index contributed by atoms with van der Waals surface area (Å²) in [5.41, 5.74) is 4.81. The fourth-order valence-corrected chi connectivity index (χ4v) is 4.35. The predicted octanol–water partition coefficient (Wildman–Crippen LogP) is 8.73. The average molecular weight is 819 g/mol. The Morgan fingerprint density at radius 2 is 1.14 bits per heavy atom. The number of rotatable bonds is 11. The minimum Gasteiger partial charge on any atom is -0.440 e. The molecule has 0 saturated carbocycles. The van der Waals surface area contributed by atoms with E-state index in [2.05, 4.69) is 11.1 Å². The van der Waals surface area contributed by atoms with Crippen molar-refractivity contribution in [2.24, 2.45) is 0 Å². The number of ether oxygens (including phenoxy) is 3. The smallest absolute Gasteiger partial charge is 0.361 e. The molecule has 1 aromatic heterocycles. The summed E-state index contributed by atoms with van der Waals surface area (Å²) in [6, 6.07) is 37.8. The summed E-state index contributed by atoms with van der Waals surface area (Å²) in [6.07, 6.45) is 1.69. The first kappa shape index (κ1) is 34.2. The topological polar surface area (TPSA) is 59.0 Å². The Hall–Kier alpha value is -3.33. The molecule has 1 heterocycles. The van der Waals surface area contributed by atoms with Gasteiger partial charge < -0.3 is 23.3 Å². The van der Waals surface area contributed by atoms with E-state index in [1.165, 1.54) is 5.56 Å². The maximum absolute atomic E-state index is 6.08. The molecule has 220 valence electrons. The summed E-state index contributed by atoms with van der Waals surface area (Å²) < 4.78 is 29.9. The first-order valence-electron chi connectivity index (χ1n) is 13.6. The number of pyridine rings is 1. The second-order valence-corrected chi connectivity index (χ2v) is 9.99. The third-order valence-corrected chi connectivity index (χ3v) is 6.71. The summed E-state index contributed by atoms with van der Waals surface area (Å²) in [6.45, 7) is 7.10. The van der Waals surface area contributed by atoms with Gasteiger partial charge in [-0.05, 0) is 67.8 Å². The predicted molar refractivity (Wildman–Crippen MR) is 167 cm³/mol. The van der Waals surface area contributed by atoms with Crippen molar-refractivity contribution in [1.29, 1.82) is 0 Å². The van der Waals surface area contributed by atoms with Gasteiger partial charge in [0.2, 0.25) is 0 Å². The van der Waals surface area contributed by atoms with Crippen molar-refractivity contribution in [2.75, 3.05) is 0 Å². The van der Waals surface area contributed by atoms with Gasteiger partial charge in [-0.3, -0.25) is 4.98 Å². The molecule has 0 N–H and O–H groups in total. The normalized spacial score (nSPS) is 10.4. The molecule has 0 fully saturated rings. The molecule has 0 aliphatic rings. The van der Waals surface area contributed by atoms with E-state index in [0.717, 1.165) is 22.4 Å². The van der Waals surface area contributed by atoms with Gasteiger partial charge in [0, 0.05) is 37.3 Å².